The maximum absolute atomic E-state index is 10.8. The Balaban J connectivity index is 2.71. The Morgan fingerprint density at radius 1 is 1.35 bits per heavy atom. The lowest BCUT2D eigenvalue weighted by Crippen LogP contribution is -2.03. The van der Waals surface area contributed by atoms with E-state index in [0.29, 0.717) is 0 Å². The number of aromatic amines is 1. The minimum atomic E-state index is -0.894. The topological polar surface area (TPSA) is 159 Å². The van der Waals surface area contributed by atoms with Gasteiger partial charge in [-0.3, -0.25) is 0 Å². The van der Waals surface area contributed by atoms with Gasteiger partial charge in [-0.1, -0.05) is 0 Å². The Morgan fingerprint density at radius 2 is 2.06 bits per heavy atom. The first-order valence-corrected chi connectivity index (χ1v) is 4.19. The SMILES string of the molecule is Nc1c([N+](=O)[O-])nn(-c2ccn[nH]2)c1[N+](=O)[O-]. The van der Waals surface area contributed by atoms with Gasteiger partial charge in [-0.2, -0.15) is 5.10 Å². The van der Waals surface area contributed by atoms with E-state index in [0.717, 1.165) is 4.68 Å². The van der Waals surface area contributed by atoms with Crippen molar-refractivity contribution in [2.24, 2.45) is 0 Å². The van der Waals surface area contributed by atoms with Crippen LogP contribution in [0.2, 0.25) is 0 Å². The van der Waals surface area contributed by atoms with Crippen molar-refractivity contribution in [3.05, 3.63) is 32.5 Å². The van der Waals surface area contributed by atoms with Crippen LogP contribution in [0.1, 0.15) is 0 Å². The monoisotopic (exact) mass is 239 g/mol. The number of hydrogen-bond acceptors (Lipinski definition) is 7. The fourth-order valence-electron chi connectivity index (χ4n) is 1.26. The minimum Gasteiger partial charge on any atom is -0.385 e. The van der Waals surface area contributed by atoms with Gasteiger partial charge in [0.1, 0.15) is 0 Å². The molecule has 0 saturated heterocycles. The summed E-state index contributed by atoms with van der Waals surface area (Å²) in [5.41, 5.74) is 4.71. The number of rotatable bonds is 3. The van der Waals surface area contributed by atoms with Gasteiger partial charge in [-0.05, 0) is 9.85 Å². The van der Waals surface area contributed by atoms with Crippen LogP contribution < -0.4 is 5.73 Å². The molecule has 88 valence electrons. The molecule has 11 nitrogen and oxygen atoms in total. The number of aromatic nitrogens is 4. The molecule has 0 radical (unpaired) electrons. The number of hydrogen-bond donors (Lipinski definition) is 2. The summed E-state index contributed by atoms with van der Waals surface area (Å²) < 4.78 is 0.723. The summed E-state index contributed by atoms with van der Waals surface area (Å²) >= 11 is 0. The molecule has 0 bridgehead atoms. The molecule has 0 amide bonds. The second-order valence-corrected chi connectivity index (χ2v) is 2.93. The zero-order valence-corrected chi connectivity index (χ0v) is 8.10. The van der Waals surface area contributed by atoms with Crippen LogP contribution in [0, 0.1) is 20.2 Å². The third-order valence-electron chi connectivity index (χ3n) is 1.94. The summed E-state index contributed by atoms with van der Waals surface area (Å²) in [5.74, 6) is -1.34. The molecule has 11 heteroatoms. The van der Waals surface area contributed by atoms with Crippen molar-refractivity contribution < 1.29 is 9.85 Å². The van der Waals surface area contributed by atoms with Crippen LogP contribution in [0.25, 0.3) is 5.82 Å². The smallest absolute Gasteiger partial charge is 0.385 e. The molecule has 2 aromatic heterocycles. The molecule has 17 heavy (non-hydrogen) atoms. The van der Waals surface area contributed by atoms with Crippen LogP contribution in [-0.4, -0.2) is 29.8 Å². The van der Waals surface area contributed by atoms with Gasteiger partial charge in [-0.15, -0.1) is 0 Å². The molecular weight excluding hydrogens is 234 g/mol. The molecule has 2 rings (SSSR count). The number of anilines is 1. The largest absolute Gasteiger partial charge is 0.444 e. The van der Waals surface area contributed by atoms with Crippen molar-refractivity contribution in [1.82, 2.24) is 20.0 Å². The molecule has 2 aromatic rings. The summed E-state index contributed by atoms with van der Waals surface area (Å²) in [6.45, 7) is 0. The fraction of sp³-hybridized carbons (Fsp3) is 0. The molecule has 3 N–H and O–H groups in total. The predicted molar refractivity (Wildman–Crippen MR) is 53.4 cm³/mol. The maximum atomic E-state index is 10.8. The zero-order valence-electron chi connectivity index (χ0n) is 8.10. The average Bonchev–Trinajstić information content (AvgIpc) is 2.82. The van der Waals surface area contributed by atoms with Gasteiger partial charge < -0.3 is 26.0 Å². The summed E-state index contributed by atoms with van der Waals surface area (Å²) in [6.07, 6.45) is 1.32. The van der Waals surface area contributed by atoms with Gasteiger partial charge in [0.15, 0.2) is 5.10 Å². The summed E-state index contributed by atoms with van der Waals surface area (Å²) in [6, 6.07) is 1.36. The first-order chi connectivity index (χ1) is 8.02. The van der Waals surface area contributed by atoms with E-state index in [1.54, 1.807) is 0 Å². The Labute approximate surface area is 92.1 Å². The van der Waals surface area contributed by atoms with Crippen LogP contribution in [0.3, 0.4) is 0 Å². The molecule has 0 aliphatic carbocycles. The Kier molecular flexibility index (Phi) is 2.20. The Hall–Kier alpha value is -2.98. The molecule has 0 aliphatic heterocycles. The highest BCUT2D eigenvalue weighted by Crippen LogP contribution is 2.32. The van der Waals surface area contributed by atoms with Gasteiger partial charge >= 0.3 is 11.6 Å². The fourth-order valence-corrected chi connectivity index (χ4v) is 1.26. The molecule has 0 atom stereocenters. The van der Waals surface area contributed by atoms with Crippen LogP contribution >= 0.6 is 0 Å². The summed E-state index contributed by atoms with van der Waals surface area (Å²) in [5, 5.41) is 30.8. The number of nitrogens with two attached hydrogens (primary N) is 1. The molecule has 0 fully saturated rings. The van der Waals surface area contributed by atoms with Gasteiger partial charge in [-0.25, -0.2) is 5.10 Å². The zero-order chi connectivity index (χ0) is 12.6. The van der Waals surface area contributed by atoms with Crippen molar-refractivity contribution in [2.75, 3.05) is 5.73 Å². The van der Waals surface area contributed by atoms with E-state index in [4.69, 9.17) is 5.73 Å². The van der Waals surface area contributed by atoms with Crippen molar-refractivity contribution in [1.29, 1.82) is 0 Å². The maximum Gasteiger partial charge on any atom is 0.444 e. The van der Waals surface area contributed by atoms with Crippen LogP contribution in [-0.2, 0) is 0 Å². The molecular formula is C6H5N7O4. The Bertz CT molecular complexity index is 586. The molecule has 0 aliphatic rings. The third-order valence-corrected chi connectivity index (χ3v) is 1.94. The van der Waals surface area contributed by atoms with Crippen LogP contribution in [0.15, 0.2) is 12.3 Å². The molecule has 0 spiro atoms. The summed E-state index contributed by atoms with van der Waals surface area (Å²) in [7, 11) is 0. The molecule has 0 unspecified atom stereocenters. The standard InChI is InChI=1S/C6H5N7O4/c7-4-5(12(14)15)10-11(6(4)13(16)17)3-1-2-8-9-3/h1-2H,7H2,(H,8,9). The molecule has 0 aromatic carbocycles. The number of nitro groups is 2. The average molecular weight is 239 g/mol. The second kappa shape index (κ2) is 3.55. The number of nitrogens with zero attached hydrogens (tertiary/aromatic N) is 5. The third kappa shape index (κ3) is 1.54. The highest BCUT2D eigenvalue weighted by atomic mass is 16.6. The van der Waals surface area contributed by atoms with E-state index >= 15 is 0 Å². The van der Waals surface area contributed by atoms with Crippen molar-refractivity contribution in [3.8, 4) is 5.82 Å². The van der Waals surface area contributed by atoms with Crippen molar-refractivity contribution in [2.45, 2.75) is 0 Å². The van der Waals surface area contributed by atoms with E-state index in [1.807, 2.05) is 0 Å². The number of nitrogens with one attached hydrogen (secondary N) is 1. The number of H-pyrrole nitrogens is 1. The van der Waals surface area contributed by atoms with Crippen molar-refractivity contribution >= 4 is 17.3 Å². The molecule has 2 heterocycles. The first kappa shape index (κ1) is 10.5. The lowest BCUT2D eigenvalue weighted by Gasteiger charge is -1.92. The highest BCUT2D eigenvalue weighted by molar-refractivity contribution is 5.66. The van der Waals surface area contributed by atoms with Gasteiger partial charge in [0.25, 0.3) is 5.82 Å². The van der Waals surface area contributed by atoms with E-state index in [1.165, 1.54) is 12.3 Å². The second-order valence-electron chi connectivity index (χ2n) is 2.93. The van der Waals surface area contributed by atoms with Gasteiger partial charge in [0.2, 0.25) is 5.69 Å². The first-order valence-electron chi connectivity index (χ1n) is 4.19. The van der Waals surface area contributed by atoms with E-state index in [9.17, 15) is 20.2 Å². The number of nitrogen functional groups attached to an aromatic ring is 1. The van der Waals surface area contributed by atoms with E-state index in [2.05, 4.69) is 15.3 Å². The van der Waals surface area contributed by atoms with Gasteiger partial charge in [0.05, 0.1) is 6.20 Å². The lowest BCUT2D eigenvalue weighted by molar-refractivity contribution is -0.392. The van der Waals surface area contributed by atoms with E-state index < -0.39 is 27.2 Å². The van der Waals surface area contributed by atoms with Crippen LogP contribution in [0.4, 0.5) is 17.3 Å². The normalized spacial score (nSPS) is 10.4. The minimum absolute atomic E-state index is 0.108. The quantitative estimate of drug-likeness (QED) is 0.562. The van der Waals surface area contributed by atoms with E-state index in [-0.39, 0.29) is 5.82 Å². The van der Waals surface area contributed by atoms with Gasteiger partial charge in [0, 0.05) is 10.7 Å². The molecule has 0 saturated carbocycles. The van der Waals surface area contributed by atoms with Crippen LogP contribution in [0.5, 0.6) is 0 Å². The summed E-state index contributed by atoms with van der Waals surface area (Å²) in [4.78, 5) is 19.6. The highest BCUT2D eigenvalue weighted by Gasteiger charge is 2.36. The lowest BCUT2D eigenvalue weighted by atomic mass is 10.5. The Morgan fingerprint density at radius 3 is 2.53 bits per heavy atom. The van der Waals surface area contributed by atoms with Crippen molar-refractivity contribution in [3.63, 3.8) is 0 Å². The predicted octanol–water partition coefficient (Wildman–Crippen LogP) is -0.00600.